The number of rotatable bonds is 3. The number of hydrogen-bond donors (Lipinski definition) is 0. The molecular formula is C16H23NO. The number of likely N-dealkylation sites (tertiary alicyclic amines) is 1. The highest BCUT2D eigenvalue weighted by atomic mass is 16.2. The molecule has 0 radical (unpaired) electrons. The van der Waals surface area contributed by atoms with Crippen LogP contribution in [0.2, 0.25) is 0 Å². The molecule has 1 heterocycles. The van der Waals surface area contributed by atoms with E-state index in [0.717, 1.165) is 37.9 Å². The summed E-state index contributed by atoms with van der Waals surface area (Å²) in [7, 11) is 0. The zero-order chi connectivity index (χ0) is 13.0. The lowest BCUT2D eigenvalue weighted by atomic mass is 10.0. The third kappa shape index (κ3) is 3.34. The molecule has 1 aliphatic heterocycles. The first kappa shape index (κ1) is 13.1. The van der Waals surface area contributed by atoms with Gasteiger partial charge in [0.15, 0.2) is 0 Å². The van der Waals surface area contributed by atoms with Gasteiger partial charge in [-0.2, -0.15) is 0 Å². The van der Waals surface area contributed by atoms with E-state index >= 15 is 0 Å². The highest BCUT2D eigenvalue weighted by Crippen LogP contribution is 2.15. The fraction of sp³-hybridized carbons (Fsp3) is 0.562. The largest absolute Gasteiger partial charge is 0.339 e. The summed E-state index contributed by atoms with van der Waals surface area (Å²) in [5.74, 6) is 0.861. The third-order valence-corrected chi connectivity index (χ3v) is 3.49. The van der Waals surface area contributed by atoms with Gasteiger partial charge in [0.1, 0.15) is 0 Å². The molecule has 0 atom stereocenters. The quantitative estimate of drug-likeness (QED) is 0.798. The second-order valence-electron chi connectivity index (χ2n) is 5.65. The Kier molecular flexibility index (Phi) is 4.40. The van der Waals surface area contributed by atoms with Gasteiger partial charge in [0, 0.05) is 18.7 Å². The summed E-state index contributed by atoms with van der Waals surface area (Å²) in [6, 6.07) is 8.15. The second-order valence-corrected chi connectivity index (χ2v) is 5.65. The second kappa shape index (κ2) is 6.03. The van der Waals surface area contributed by atoms with Crippen LogP contribution in [0, 0.1) is 5.92 Å². The average Bonchev–Trinajstić information content (AvgIpc) is 2.39. The molecule has 1 aromatic rings. The van der Waals surface area contributed by atoms with Gasteiger partial charge in [-0.3, -0.25) is 4.79 Å². The monoisotopic (exact) mass is 245 g/mol. The van der Waals surface area contributed by atoms with Crippen molar-refractivity contribution in [3.05, 3.63) is 35.4 Å². The van der Waals surface area contributed by atoms with Crippen molar-refractivity contribution in [3.63, 3.8) is 0 Å². The predicted octanol–water partition coefficient (Wildman–Crippen LogP) is 3.51. The summed E-state index contributed by atoms with van der Waals surface area (Å²) in [5.41, 5.74) is 2.16. The molecular weight excluding hydrogens is 222 g/mol. The topological polar surface area (TPSA) is 20.3 Å². The maximum Gasteiger partial charge on any atom is 0.253 e. The molecule has 0 bridgehead atoms. The minimum absolute atomic E-state index is 0.200. The maximum absolute atomic E-state index is 12.3. The summed E-state index contributed by atoms with van der Waals surface area (Å²) < 4.78 is 0. The Morgan fingerprint density at radius 1 is 1.11 bits per heavy atom. The first-order valence-corrected chi connectivity index (χ1v) is 7.05. The number of carbonyl (C=O) groups is 1. The lowest BCUT2D eigenvalue weighted by molar-refractivity contribution is 0.0724. The normalized spacial score (nSPS) is 16.1. The molecule has 0 saturated carbocycles. The van der Waals surface area contributed by atoms with E-state index < -0.39 is 0 Å². The standard InChI is InChI=1S/C16H23NO/c1-13(2)12-14-6-8-15(9-7-14)16(18)17-10-4-3-5-11-17/h6-9,13H,3-5,10-12H2,1-2H3. The minimum Gasteiger partial charge on any atom is -0.339 e. The highest BCUT2D eigenvalue weighted by Gasteiger charge is 2.17. The van der Waals surface area contributed by atoms with E-state index in [0.29, 0.717) is 5.92 Å². The lowest BCUT2D eigenvalue weighted by Crippen LogP contribution is -2.35. The van der Waals surface area contributed by atoms with Crippen LogP contribution >= 0.6 is 0 Å². The average molecular weight is 245 g/mol. The Hall–Kier alpha value is -1.31. The molecule has 18 heavy (non-hydrogen) atoms. The Balaban J connectivity index is 2.02. The molecule has 2 nitrogen and oxygen atoms in total. The van der Waals surface area contributed by atoms with Crippen LogP contribution in [0.15, 0.2) is 24.3 Å². The van der Waals surface area contributed by atoms with Crippen molar-refractivity contribution >= 4 is 5.91 Å². The van der Waals surface area contributed by atoms with E-state index in [-0.39, 0.29) is 5.91 Å². The van der Waals surface area contributed by atoms with E-state index in [1.54, 1.807) is 0 Å². The van der Waals surface area contributed by atoms with E-state index in [1.807, 2.05) is 17.0 Å². The van der Waals surface area contributed by atoms with E-state index in [4.69, 9.17) is 0 Å². The van der Waals surface area contributed by atoms with Gasteiger partial charge in [-0.1, -0.05) is 26.0 Å². The molecule has 1 amide bonds. The van der Waals surface area contributed by atoms with Crippen molar-refractivity contribution in [2.45, 2.75) is 39.5 Å². The van der Waals surface area contributed by atoms with Crippen LogP contribution in [-0.2, 0) is 6.42 Å². The summed E-state index contributed by atoms with van der Waals surface area (Å²) in [6.07, 6.45) is 4.64. The number of nitrogens with zero attached hydrogens (tertiary/aromatic N) is 1. The van der Waals surface area contributed by atoms with Gasteiger partial charge in [-0.15, -0.1) is 0 Å². The molecule has 1 saturated heterocycles. The molecule has 1 aromatic carbocycles. The maximum atomic E-state index is 12.3. The molecule has 2 heteroatoms. The number of amides is 1. The minimum atomic E-state index is 0.200. The SMILES string of the molecule is CC(C)Cc1ccc(C(=O)N2CCCCC2)cc1. The molecule has 2 rings (SSSR count). The van der Waals surface area contributed by atoms with E-state index in [9.17, 15) is 4.79 Å². The highest BCUT2D eigenvalue weighted by molar-refractivity contribution is 5.94. The van der Waals surface area contributed by atoms with Crippen LogP contribution in [-0.4, -0.2) is 23.9 Å². The molecule has 0 unspecified atom stereocenters. The molecule has 98 valence electrons. The van der Waals surface area contributed by atoms with E-state index in [1.165, 1.54) is 12.0 Å². The van der Waals surface area contributed by atoms with Crippen molar-refractivity contribution in [2.75, 3.05) is 13.1 Å². The molecule has 1 fully saturated rings. The van der Waals surface area contributed by atoms with Crippen LogP contribution in [0.1, 0.15) is 49.0 Å². The lowest BCUT2D eigenvalue weighted by Gasteiger charge is -2.26. The van der Waals surface area contributed by atoms with Crippen molar-refractivity contribution in [2.24, 2.45) is 5.92 Å². The fourth-order valence-corrected chi connectivity index (χ4v) is 2.53. The number of benzene rings is 1. The van der Waals surface area contributed by atoms with Crippen LogP contribution in [0.5, 0.6) is 0 Å². The van der Waals surface area contributed by atoms with Crippen LogP contribution in [0.25, 0.3) is 0 Å². The first-order chi connectivity index (χ1) is 8.66. The molecule has 0 aromatic heterocycles. The smallest absolute Gasteiger partial charge is 0.253 e. The zero-order valence-corrected chi connectivity index (χ0v) is 11.5. The van der Waals surface area contributed by atoms with E-state index in [2.05, 4.69) is 26.0 Å². The Morgan fingerprint density at radius 2 is 1.72 bits per heavy atom. The Labute approximate surface area is 110 Å². The van der Waals surface area contributed by atoms with Gasteiger partial charge in [0.25, 0.3) is 5.91 Å². The summed E-state index contributed by atoms with van der Waals surface area (Å²) in [6.45, 7) is 6.28. The third-order valence-electron chi connectivity index (χ3n) is 3.49. The first-order valence-electron chi connectivity index (χ1n) is 7.05. The van der Waals surface area contributed by atoms with Crippen LogP contribution in [0.3, 0.4) is 0 Å². The summed E-state index contributed by atoms with van der Waals surface area (Å²) in [4.78, 5) is 14.2. The molecule has 0 aliphatic carbocycles. The number of piperidine rings is 1. The van der Waals surface area contributed by atoms with Crippen molar-refractivity contribution < 1.29 is 4.79 Å². The van der Waals surface area contributed by atoms with Gasteiger partial charge < -0.3 is 4.90 Å². The Bertz CT molecular complexity index is 388. The zero-order valence-electron chi connectivity index (χ0n) is 11.5. The number of carbonyl (C=O) groups excluding carboxylic acids is 1. The predicted molar refractivity (Wildman–Crippen MR) is 74.7 cm³/mol. The summed E-state index contributed by atoms with van der Waals surface area (Å²) in [5, 5.41) is 0. The number of hydrogen-bond acceptors (Lipinski definition) is 1. The van der Waals surface area contributed by atoms with Crippen molar-refractivity contribution in [3.8, 4) is 0 Å². The van der Waals surface area contributed by atoms with Gasteiger partial charge in [-0.25, -0.2) is 0 Å². The van der Waals surface area contributed by atoms with Gasteiger partial charge in [-0.05, 0) is 49.3 Å². The molecule has 1 aliphatic rings. The molecule has 0 spiro atoms. The van der Waals surface area contributed by atoms with Gasteiger partial charge in [0.2, 0.25) is 0 Å². The Morgan fingerprint density at radius 3 is 2.28 bits per heavy atom. The van der Waals surface area contributed by atoms with Crippen molar-refractivity contribution in [1.82, 2.24) is 4.90 Å². The summed E-state index contributed by atoms with van der Waals surface area (Å²) >= 11 is 0. The van der Waals surface area contributed by atoms with Gasteiger partial charge >= 0.3 is 0 Å². The van der Waals surface area contributed by atoms with Gasteiger partial charge in [0.05, 0.1) is 0 Å². The van der Waals surface area contributed by atoms with Crippen molar-refractivity contribution in [1.29, 1.82) is 0 Å². The van der Waals surface area contributed by atoms with Crippen LogP contribution in [0.4, 0.5) is 0 Å². The molecule has 0 N–H and O–H groups in total. The van der Waals surface area contributed by atoms with Crippen LogP contribution < -0.4 is 0 Å². The fourth-order valence-electron chi connectivity index (χ4n) is 2.53.